The van der Waals surface area contributed by atoms with Gasteiger partial charge in [-0.1, -0.05) is 31.5 Å². The van der Waals surface area contributed by atoms with Gasteiger partial charge in [-0.2, -0.15) is 0 Å². The molecule has 0 fully saturated rings. The highest BCUT2D eigenvalue weighted by Gasteiger charge is 2.18. The smallest absolute Gasteiger partial charge is 0.234 e. The van der Waals surface area contributed by atoms with Crippen molar-refractivity contribution in [1.29, 1.82) is 0 Å². The summed E-state index contributed by atoms with van der Waals surface area (Å²) in [6.45, 7) is 9.95. The van der Waals surface area contributed by atoms with Crippen LogP contribution in [-0.2, 0) is 9.59 Å². The van der Waals surface area contributed by atoms with Crippen molar-refractivity contribution in [3.05, 3.63) is 29.8 Å². The van der Waals surface area contributed by atoms with E-state index in [1.165, 1.54) is 11.8 Å². The second-order valence-corrected chi connectivity index (χ2v) is 7.24. The molecule has 0 bridgehead atoms. The van der Waals surface area contributed by atoms with Crippen LogP contribution in [0.1, 0.15) is 33.3 Å². The van der Waals surface area contributed by atoms with E-state index in [9.17, 15) is 9.59 Å². The summed E-state index contributed by atoms with van der Waals surface area (Å²) in [7, 11) is 0. The zero-order valence-electron chi connectivity index (χ0n) is 14.0. The van der Waals surface area contributed by atoms with Gasteiger partial charge in [0.25, 0.3) is 0 Å². The predicted octanol–water partition coefficient (Wildman–Crippen LogP) is 3.22. The van der Waals surface area contributed by atoms with Crippen molar-refractivity contribution < 1.29 is 9.59 Å². The molecule has 1 rings (SSSR count). The number of nitrogens with one attached hydrogen (secondary N) is 2. The van der Waals surface area contributed by atoms with Crippen LogP contribution in [0.15, 0.2) is 24.3 Å². The number of aryl methyl sites for hydroxylation is 1. The van der Waals surface area contributed by atoms with E-state index in [1.54, 1.807) is 0 Å². The summed E-state index contributed by atoms with van der Waals surface area (Å²) in [4.78, 5) is 23.9. The first-order valence-electron chi connectivity index (χ1n) is 7.58. The van der Waals surface area contributed by atoms with Gasteiger partial charge in [0.05, 0.1) is 11.0 Å². The molecular weight excluding hydrogens is 296 g/mol. The summed E-state index contributed by atoms with van der Waals surface area (Å²) >= 11 is 1.34. The van der Waals surface area contributed by atoms with Crippen LogP contribution in [0.3, 0.4) is 0 Å². The highest BCUT2D eigenvalue weighted by atomic mass is 32.2. The van der Waals surface area contributed by atoms with Crippen molar-refractivity contribution in [3.8, 4) is 0 Å². The molecule has 1 aromatic rings. The Morgan fingerprint density at radius 2 is 1.68 bits per heavy atom. The van der Waals surface area contributed by atoms with Crippen LogP contribution in [0, 0.1) is 12.8 Å². The molecule has 0 aromatic heterocycles. The van der Waals surface area contributed by atoms with E-state index in [1.807, 2.05) is 45.0 Å². The number of hydrogen-bond acceptors (Lipinski definition) is 3. The Labute approximate surface area is 137 Å². The van der Waals surface area contributed by atoms with Crippen LogP contribution >= 0.6 is 11.8 Å². The number of anilines is 1. The first-order valence-corrected chi connectivity index (χ1v) is 8.63. The zero-order valence-corrected chi connectivity index (χ0v) is 14.8. The van der Waals surface area contributed by atoms with Crippen LogP contribution in [0.5, 0.6) is 0 Å². The highest BCUT2D eigenvalue weighted by molar-refractivity contribution is 8.01. The van der Waals surface area contributed by atoms with Crippen molar-refractivity contribution >= 4 is 29.3 Å². The lowest BCUT2D eigenvalue weighted by molar-refractivity contribution is -0.121. The van der Waals surface area contributed by atoms with Gasteiger partial charge in [-0.15, -0.1) is 11.8 Å². The molecule has 1 aromatic carbocycles. The Morgan fingerprint density at radius 3 is 2.23 bits per heavy atom. The topological polar surface area (TPSA) is 58.2 Å². The average molecular weight is 322 g/mol. The van der Waals surface area contributed by atoms with E-state index >= 15 is 0 Å². The molecule has 0 aliphatic heterocycles. The fourth-order valence-corrected chi connectivity index (χ4v) is 2.31. The second-order valence-electron chi connectivity index (χ2n) is 5.91. The maximum Gasteiger partial charge on any atom is 0.234 e. The number of thioether (sulfide) groups is 1. The lowest BCUT2D eigenvalue weighted by Gasteiger charge is -2.20. The summed E-state index contributed by atoms with van der Waals surface area (Å²) in [6, 6.07) is 7.78. The van der Waals surface area contributed by atoms with E-state index < -0.39 is 0 Å². The Morgan fingerprint density at radius 1 is 1.09 bits per heavy atom. The van der Waals surface area contributed by atoms with Crippen LogP contribution in [-0.4, -0.2) is 28.9 Å². The van der Waals surface area contributed by atoms with E-state index in [0.717, 1.165) is 11.3 Å². The molecule has 0 aliphatic rings. The van der Waals surface area contributed by atoms with E-state index in [2.05, 4.69) is 24.5 Å². The van der Waals surface area contributed by atoms with Crippen LogP contribution in [0.25, 0.3) is 0 Å². The normalized spacial score (nSPS) is 13.5. The van der Waals surface area contributed by atoms with E-state index in [-0.39, 0.29) is 28.9 Å². The van der Waals surface area contributed by atoms with Gasteiger partial charge < -0.3 is 10.6 Å². The third-order valence-electron chi connectivity index (χ3n) is 3.54. The number of rotatable bonds is 7. The Balaban J connectivity index is 2.36. The molecule has 0 spiro atoms. The monoisotopic (exact) mass is 322 g/mol. The Kier molecular flexibility index (Phi) is 7.45. The minimum atomic E-state index is -0.245. The van der Waals surface area contributed by atoms with E-state index in [4.69, 9.17) is 0 Å². The molecule has 5 heteroatoms. The van der Waals surface area contributed by atoms with Crippen LogP contribution < -0.4 is 10.6 Å². The highest BCUT2D eigenvalue weighted by Crippen LogP contribution is 2.14. The molecule has 2 amide bonds. The quantitative estimate of drug-likeness (QED) is 0.810. The third kappa shape index (κ3) is 6.52. The van der Waals surface area contributed by atoms with Gasteiger partial charge in [0, 0.05) is 11.7 Å². The molecule has 4 nitrogen and oxygen atoms in total. The number of benzene rings is 1. The largest absolute Gasteiger partial charge is 0.352 e. The number of amides is 2. The number of hydrogen-bond donors (Lipinski definition) is 2. The van der Waals surface area contributed by atoms with Crippen molar-refractivity contribution in [2.24, 2.45) is 5.92 Å². The Hall–Kier alpha value is -1.49. The zero-order chi connectivity index (χ0) is 16.7. The standard InChI is InChI=1S/C17H26N2O2S/c1-11(2)13(4)18-17(21)14(5)22-10-16(20)19-15-8-6-12(3)7-9-15/h6-9,11,13-14H,10H2,1-5H3,(H,18,21)(H,19,20). The molecule has 2 N–H and O–H groups in total. The number of carbonyl (C=O) groups is 2. The molecule has 0 saturated heterocycles. The van der Waals surface area contributed by atoms with E-state index in [0.29, 0.717) is 5.92 Å². The summed E-state index contributed by atoms with van der Waals surface area (Å²) < 4.78 is 0. The van der Waals surface area contributed by atoms with Crippen molar-refractivity contribution in [1.82, 2.24) is 5.32 Å². The Bertz CT molecular complexity index is 500. The SMILES string of the molecule is Cc1ccc(NC(=O)CSC(C)C(=O)NC(C)C(C)C)cc1. The molecule has 0 aliphatic carbocycles. The predicted molar refractivity (Wildman–Crippen MR) is 94.2 cm³/mol. The first-order chi connectivity index (χ1) is 10.3. The van der Waals surface area contributed by atoms with Gasteiger partial charge in [0.2, 0.25) is 11.8 Å². The molecule has 2 atom stereocenters. The summed E-state index contributed by atoms with van der Waals surface area (Å²) in [5.41, 5.74) is 1.93. The molecule has 22 heavy (non-hydrogen) atoms. The number of carbonyl (C=O) groups excluding carboxylic acids is 2. The summed E-state index contributed by atoms with van der Waals surface area (Å²) in [5.74, 6) is 0.546. The lowest BCUT2D eigenvalue weighted by Crippen LogP contribution is -2.40. The molecule has 2 unspecified atom stereocenters. The van der Waals surface area contributed by atoms with Gasteiger partial charge in [-0.05, 0) is 38.8 Å². The average Bonchev–Trinajstić information content (AvgIpc) is 2.46. The maximum atomic E-state index is 12.0. The van der Waals surface area contributed by atoms with Crippen molar-refractivity contribution in [3.63, 3.8) is 0 Å². The fourth-order valence-electron chi connectivity index (χ4n) is 1.62. The van der Waals surface area contributed by atoms with Crippen LogP contribution in [0.4, 0.5) is 5.69 Å². The minimum Gasteiger partial charge on any atom is -0.352 e. The van der Waals surface area contributed by atoms with Gasteiger partial charge in [0.15, 0.2) is 0 Å². The van der Waals surface area contributed by atoms with Gasteiger partial charge >= 0.3 is 0 Å². The first kappa shape index (κ1) is 18.6. The van der Waals surface area contributed by atoms with Gasteiger partial charge in [-0.25, -0.2) is 0 Å². The fraction of sp³-hybridized carbons (Fsp3) is 0.529. The lowest BCUT2D eigenvalue weighted by atomic mass is 10.1. The van der Waals surface area contributed by atoms with Gasteiger partial charge in [-0.3, -0.25) is 9.59 Å². The minimum absolute atomic E-state index is 0.0191. The molecule has 122 valence electrons. The molecule has 0 saturated carbocycles. The summed E-state index contributed by atoms with van der Waals surface area (Å²) in [5, 5.41) is 5.55. The molecule has 0 heterocycles. The van der Waals surface area contributed by atoms with Crippen LogP contribution in [0.2, 0.25) is 0 Å². The molecular formula is C17H26N2O2S. The molecule has 0 radical (unpaired) electrons. The third-order valence-corrected chi connectivity index (χ3v) is 4.68. The van der Waals surface area contributed by atoms with Gasteiger partial charge in [0.1, 0.15) is 0 Å². The summed E-state index contributed by atoms with van der Waals surface area (Å²) in [6.07, 6.45) is 0. The second kappa shape index (κ2) is 8.83. The van der Waals surface area contributed by atoms with Crippen molar-refractivity contribution in [2.45, 2.75) is 45.9 Å². The van der Waals surface area contributed by atoms with Crippen molar-refractivity contribution in [2.75, 3.05) is 11.1 Å². The maximum absolute atomic E-state index is 12.0.